The van der Waals surface area contributed by atoms with E-state index in [1.807, 2.05) is 0 Å². The summed E-state index contributed by atoms with van der Waals surface area (Å²) in [7, 11) is 4.70. The van der Waals surface area contributed by atoms with Crippen molar-refractivity contribution in [1.82, 2.24) is 10.2 Å². The standard InChI is InChI=1S/C16H21N3O6/c1-19(2)15(21)9-17-14(20)10-24-16(22)11-25-18-8-12-4-6-13(23-3)7-5-12/h4-8H,9-11H2,1-3H3,(H,17,20)/b18-8-. The van der Waals surface area contributed by atoms with E-state index in [9.17, 15) is 14.4 Å². The first-order valence-electron chi connectivity index (χ1n) is 7.34. The Balaban J connectivity index is 2.20. The summed E-state index contributed by atoms with van der Waals surface area (Å²) in [5, 5.41) is 5.95. The lowest BCUT2D eigenvalue weighted by Gasteiger charge is -2.10. The van der Waals surface area contributed by atoms with Gasteiger partial charge in [-0.1, -0.05) is 5.16 Å². The van der Waals surface area contributed by atoms with Crippen molar-refractivity contribution in [3.63, 3.8) is 0 Å². The van der Waals surface area contributed by atoms with Crippen LogP contribution < -0.4 is 10.1 Å². The lowest BCUT2D eigenvalue weighted by atomic mass is 10.2. The van der Waals surface area contributed by atoms with Crippen molar-refractivity contribution in [2.75, 3.05) is 41.0 Å². The van der Waals surface area contributed by atoms with Crippen LogP contribution in [0.25, 0.3) is 0 Å². The molecule has 0 saturated carbocycles. The van der Waals surface area contributed by atoms with Gasteiger partial charge in [-0.2, -0.15) is 0 Å². The Labute approximate surface area is 145 Å². The fourth-order valence-electron chi connectivity index (χ4n) is 1.45. The van der Waals surface area contributed by atoms with Crippen LogP contribution in [0.5, 0.6) is 5.75 Å². The third-order valence-electron chi connectivity index (χ3n) is 2.87. The molecule has 25 heavy (non-hydrogen) atoms. The van der Waals surface area contributed by atoms with E-state index < -0.39 is 25.1 Å². The molecule has 0 aliphatic carbocycles. The third kappa shape index (κ3) is 8.35. The van der Waals surface area contributed by atoms with E-state index in [0.29, 0.717) is 5.75 Å². The minimum absolute atomic E-state index is 0.161. The number of likely N-dealkylation sites (N-methyl/N-ethyl adjacent to an activating group) is 1. The maximum absolute atomic E-state index is 11.4. The molecule has 0 spiro atoms. The Bertz CT molecular complexity index is 613. The number of nitrogens with one attached hydrogen (secondary N) is 1. The van der Waals surface area contributed by atoms with E-state index in [4.69, 9.17) is 9.57 Å². The molecule has 0 fully saturated rings. The third-order valence-corrected chi connectivity index (χ3v) is 2.87. The van der Waals surface area contributed by atoms with Gasteiger partial charge in [0.15, 0.2) is 6.61 Å². The van der Waals surface area contributed by atoms with Crippen LogP contribution in [0.15, 0.2) is 29.4 Å². The van der Waals surface area contributed by atoms with Crippen molar-refractivity contribution in [3.05, 3.63) is 29.8 Å². The van der Waals surface area contributed by atoms with Crippen molar-refractivity contribution in [2.24, 2.45) is 5.16 Å². The number of ether oxygens (including phenoxy) is 2. The van der Waals surface area contributed by atoms with E-state index >= 15 is 0 Å². The largest absolute Gasteiger partial charge is 0.497 e. The van der Waals surface area contributed by atoms with E-state index in [-0.39, 0.29) is 12.5 Å². The number of hydrogen-bond donors (Lipinski definition) is 1. The molecule has 1 rings (SSSR count). The maximum Gasteiger partial charge on any atom is 0.347 e. The van der Waals surface area contributed by atoms with Gasteiger partial charge < -0.3 is 24.5 Å². The molecular weight excluding hydrogens is 330 g/mol. The van der Waals surface area contributed by atoms with Gasteiger partial charge in [0, 0.05) is 14.1 Å². The number of carbonyl (C=O) groups is 3. The number of rotatable bonds is 9. The van der Waals surface area contributed by atoms with Crippen LogP contribution in [0.1, 0.15) is 5.56 Å². The minimum atomic E-state index is -0.749. The number of benzene rings is 1. The molecule has 0 radical (unpaired) electrons. The summed E-state index contributed by atoms with van der Waals surface area (Å²) < 4.78 is 9.71. The van der Waals surface area contributed by atoms with Crippen molar-refractivity contribution in [3.8, 4) is 5.75 Å². The normalized spacial score (nSPS) is 10.2. The summed E-state index contributed by atoms with van der Waals surface area (Å²) in [4.78, 5) is 40.2. The molecule has 0 heterocycles. The molecule has 136 valence electrons. The number of methoxy groups -OCH3 is 1. The smallest absolute Gasteiger partial charge is 0.347 e. The van der Waals surface area contributed by atoms with Crippen LogP contribution in [0.2, 0.25) is 0 Å². The fourth-order valence-corrected chi connectivity index (χ4v) is 1.45. The van der Waals surface area contributed by atoms with Crippen molar-refractivity contribution >= 4 is 24.0 Å². The number of esters is 1. The fraction of sp³-hybridized carbons (Fsp3) is 0.375. The molecule has 1 aromatic rings. The average Bonchev–Trinajstić information content (AvgIpc) is 2.61. The molecular formula is C16H21N3O6. The molecule has 1 N–H and O–H groups in total. The molecule has 0 aromatic heterocycles. The van der Waals surface area contributed by atoms with Crippen molar-refractivity contribution < 1.29 is 28.7 Å². The molecule has 9 nitrogen and oxygen atoms in total. The van der Waals surface area contributed by atoms with Crippen molar-refractivity contribution in [2.45, 2.75) is 0 Å². The van der Waals surface area contributed by atoms with Gasteiger partial charge in [-0.15, -0.1) is 0 Å². The Morgan fingerprint density at radius 3 is 2.44 bits per heavy atom. The topological polar surface area (TPSA) is 107 Å². The quantitative estimate of drug-likeness (QED) is 0.375. The monoisotopic (exact) mass is 351 g/mol. The highest BCUT2D eigenvalue weighted by atomic mass is 16.7. The van der Waals surface area contributed by atoms with E-state index in [1.54, 1.807) is 45.5 Å². The lowest BCUT2D eigenvalue weighted by molar-refractivity contribution is -0.153. The van der Waals surface area contributed by atoms with Crippen molar-refractivity contribution in [1.29, 1.82) is 0 Å². The summed E-state index contributed by atoms with van der Waals surface area (Å²) in [6, 6.07) is 7.05. The second kappa shape index (κ2) is 10.6. The zero-order valence-corrected chi connectivity index (χ0v) is 14.4. The summed E-state index contributed by atoms with van der Waals surface area (Å²) >= 11 is 0. The zero-order valence-electron chi connectivity index (χ0n) is 14.4. The molecule has 0 unspecified atom stereocenters. The number of nitrogens with zero attached hydrogens (tertiary/aromatic N) is 2. The van der Waals surface area contributed by atoms with E-state index in [0.717, 1.165) is 5.56 Å². The van der Waals surface area contributed by atoms with Crippen LogP contribution in [-0.2, 0) is 24.0 Å². The number of oxime groups is 1. The van der Waals surface area contributed by atoms with Crippen LogP contribution in [0, 0.1) is 0 Å². The molecule has 0 bridgehead atoms. The Morgan fingerprint density at radius 2 is 1.84 bits per heavy atom. The average molecular weight is 351 g/mol. The van der Waals surface area contributed by atoms with E-state index in [1.165, 1.54) is 11.1 Å². The summed E-state index contributed by atoms with van der Waals surface area (Å²) in [6.45, 7) is -1.09. The molecule has 0 atom stereocenters. The predicted octanol–water partition coefficient (Wildman–Crippen LogP) is -0.207. The molecule has 1 aromatic carbocycles. The minimum Gasteiger partial charge on any atom is -0.497 e. The second-order valence-electron chi connectivity index (χ2n) is 5.01. The maximum atomic E-state index is 11.4. The first-order valence-corrected chi connectivity index (χ1v) is 7.34. The molecule has 0 saturated heterocycles. The van der Waals surface area contributed by atoms with Gasteiger partial charge >= 0.3 is 5.97 Å². The first-order chi connectivity index (χ1) is 11.9. The summed E-state index contributed by atoms with van der Waals surface area (Å²) in [5.74, 6) is -0.880. The Hall–Kier alpha value is -3.10. The highest BCUT2D eigenvalue weighted by Crippen LogP contribution is 2.09. The number of hydrogen-bond acceptors (Lipinski definition) is 7. The Kier molecular flexibility index (Phi) is 8.48. The summed E-state index contributed by atoms with van der Waals surface area (Å²) in [6.07, 6.45) is 1.42. The second-order valence-corrected chi connectivity index (χ2v) is 5.01. The van der Waals surface area contributed by atoms with Gasteiger partial charge in [-0.3, -0.25) is 9.59 Å². The van der Waals surface area contributed by atoms with Gasteiger partial charge in [-0.05, 0) is 29.8 Å². The van der Waals surface area contributed by atoms with Crippen LogP contribution in [0.3, 0.4) is 0 Å². The number of carbonyl (C=O) groups excluding carboxylic acids is 3. The highest BCUT2D eigenvalue weighted by molar-refractivity contribution is 5.86. The molecule has 2 amide bonds. The van der Waals surface area contributed by atoms with Crippen LogP contribution in [0.4, 0.5) is 0 Å². The highest BCUT2D eigenvalue weighted by Gasteiger charge is 2.10. The van der Waals surface area contributed by atoms with Gasteiger partial charge in [0.1, 0.15) is 5.75 Å². The van der Waals surface area contributed by atoms with Crippen LogP contribution >= 0.6 is 0 Å². The van der Waals surface area contributed by atoms with E-state index in [2.05, 4.69) is 15.2 Å². The van der Waals surface area contributed by atoms with Gasteiger partial charge in [-0.25, -0.2) is 4.79 Å². The predicted molar refractivity (Wildman–Crippen MR) is 89.2 cm³/mol. The van der Waals surface area contributed by atoms with Crippen LogP contribution in [-0.4, -0.2) is 69.9 Å². The molecule has 0 aliphatic rings. The zero-order chi connectivity index (χ0) is 18.7. The lowest BCUT2D eigenvalue weighted by Crippen LogP contribution is -2.38. The van der Waals surface area contributed by atoms with Gasteiger partial charge in [0.25, 0.3) is 5.91 Å². The molecule has 9 heteroatoms. The SMILES string of the molecule is COc1ccc(/C=N\OCC(=O)OCC(=O)NCC(=O)N(C)C)cc1. The summed E-state index contributed by atoms with van der Waals surface area (Å²) in [5.41, 5.74) is 0.763. The molecule has 0 aliphatic heterocycles. The van der Waals surface area contributed by atoms with Gasteiger partial charge in [0.05, 0.1) is 19.9 Å². The Morgan fingerprint density at radius 1 is 1.16 bits per heavy atom. The number of amides is 2. The van der Waals surface area contributed by atoms with Gasteiger partial charge in [0.2, 0.25) is 12.5 Å². The first kappa shape index (κ1) is 19.9.